The molecule has 0 aliphatic rings. The van der Waals surface area contributed by atoms with Crippen molar-refractivity contribution in [3.63, 3.8) is 0 Å². The smallest absolute Gasteiger partial charge is 0.255 e. The quantitative estimate of drug-likeness (QED) is 0.475. The van der Waals surface area contributed by atoms with E-state index in [4.69, 9.17) is 0 Å². The Balaban J connectivity index is 1.44. The molecule has 0 bridgehead atoms. The molecule has 0 saturated heterocycles. The van der Waals surface area contributed by atoms with Crippen molar-refractivity contribution in [1.82, 2.24) is 30.6 Å². The fourth-order valence-corrected chi connectivity index (χ4v) is 2.63. The van der Waals surface area contributed by atoms with Gasteiger partial charge in [-0.2, -0.15) is 5.21 Å². The molecule has 0 spiro atoms. The van der Waals surface area contributed by atoms with E-state index in [1.54, 1.807) is 24.4 Å². The lowest BCUT2D eigenvalue weighted by atomic mass is 10.1. The van der Waals surface area contributed by atoms with E-state index in [1.165, 1.54) is 6.33 Å². The van der Waals surface area contributed by atoms with E-state index in [0.29, 0.717) is 23.6 Å². The average Bonchev–Trinajstić information content (AvgIpc) is 3.28. The zero-order chi connectivity index (χ0) is 19.2. The lowest BCUT2D eigenvalue weighted by Crippen LogP contribution is -2.12. The lowest BCUT2D eigenvalue weighted by Gasteiger charge is -2.09. The normalized spacial score (nSPS) is 10.4. The average molecular weight is 372 g/mol. The minimum absolute atomic E-state index is 0.200. The predicted molar refractivity (Wildman–Crippen MR) is 103 cm³/mol. The highest BCUT2D eigenvalue weighted by atomic mass is 16.1. The molecule has 0 radical (unpaired) electrons. The molecule has 4 aromatic rings. The van der Waals surface area contributed by atoms with E-state index >= 15 is 0 Å². The standard InChI is InChI=1S/C19H16N8O/c28-19(23-16-6-2-4-14(10-16)18-24-26-27-25-18)15-5-1-3-13(9-15)11-21-17-7-8-20-12-22-17/h1-10,12H,11H2,(H,23,28)(H,20,21,22)(H,24,25,26,27). The van der Waals surface area contributed by atoms with Gasteiger partial charge in [-0.15, -0.1) is 10.2 Å². The van der Waals surface area contributed by atoms with Gasteiger partial charge in [-0.1, -0.05) is 24.3 Å². The number of nitrogens with one attached hydrogen (secondary N) is 3. The minimum Gasteiger partial charge on any atom is -0.366 e. The second-order valence-electron chi connectivity index (χ2n) is 5.92. The summed E-state index contributed by atoms with van der Waals surface area (Å²) in [5, 5.41) is 19.9. The number of amides is 1. The molecular weight excluding hydrogens is 356 g/mol. The van der Waals surface area contributed by atoms with E-state index in [1.807, 2.05) is 36.4 Å². The number of anilines is 2. The molecule has 138 valence electrons. The maximum Gasteiger partial charge on any atom is 0.255 e. The number of nitrogens with zero attached hydrogens (tertiary/aromatic N) is 5. The van der Waals surface area contributed by atoms with Crippen molar-refractivity contribution in [2.24, 2.45) is 0 Å². The number of benzene rings is 2. The Morgan fingerprint density at radius 1 is 1.07 bits per heavy atom. The number of H-pyrrole nitrogens is 1. The van der Waals surface area contributed by atoms with Crippen LogP contribution in [-0.4, -0.2) is 36.5 Å². The molecule has 0 fully saturated rings. The van der Waals surface area contributed by atoms with Crippen molar-refractivity contribution in [3.05, 3.63) is 78.2 Å². The second-order valence-corrected chi connectivity index (χ2v) is 5.92. The Morgan fingerprint density at radius 2 is 2.00 bits per heavy atom. The van der Waals surface area contributed by atoms with E-state index < -0.39 is 0 Å². The molecule has 2 aromatic carbocycles. The Hall–Kier alpha value is -4.14. The number of hydrogen-bond donors (Lipinski definition) is 3. The monoisotopic (exact) mass is 372 g/mol. The van der Waals surface area contributed by atoms with Crippen LogP contribution in [0.5, 0.6) is 0 Å². The van der Waals surface area contributed by atoms with Crippen LogP contribution in [0.15, 0.2) is 67.1 Å². The van der Waals surface area contributed by atoms with Gasteiger partial charge in [0.05, 0.1) is 0 Å². The first kappa shape index (κ1) is 17.3. The Morgan fingerprint density at radius 3 is 2.82 bits per heavy atom. The number of carbonyl (C=O) groups excluding carboxylic acids is 1. The zero-order valence-corrected chi connectivity index (χ0v) is 14.7. The summed E-state index contributed by atoms with van der Waals surface area (Å²) in [6.45, 7) is 0.547. The molecular formula is C19H16N8O. The Labute approximate surface area is 160 Å². The molecule has 2 aromatic heterocycles. The summed E-state index contributed by atoms with van der Waals surface area (Å²) < 4.78 is 0. The first-order chi connectivity index (χ1) is 13.8. The number of aromatic amines is 1. The van der Waals surface area contributed by atoms with Crippen molar-refractivity contribution in [2.75, 3.05) is 10.6 Å². The molecule has 9 nitrogen and oxygen atoms in total. The lowest BCUT2D eigenvalue weighted by molar-refractivity contribution is 0.102. The van der Waals surface area contributed by atoms with Gasteiger partial charge in [0.1, 0.15) is 12.1 Å². The number of rotatable bonds is 6. The van der Waals surface area contributed by atoms with Crippen LogP contribution >= 0.6 is 0 Å². The molecule has 3 N–H and O–H groups in total. The van der Waals surface area contributed by atoms with Gasteiger partial charge in [0.15, 0.2) is 0 Å². The van der Waals surface area contributed by atoms with Gasteiger partial charge in [-0.25, -0.2) is 9.97 Å². The topological polar surface area (TPSA) is 121 Å². The first-order valence-corrected chi connectivity index (χ1v) is 8.52. The third-order valence-corrected chi connectivity index (χ3v) is 3.97. The van der Waals surface area contributed by atoms with Gasteiger partial charge in [-0.05, 0) is 41.1 Å². The van der Waals surface area contributed by atoms with Crippen LogP contribution in [0.3, 0.4) is 0 Å². The van der Waals surface area contributed by atoms with Crippen LogP contribution in [0, 0.1) is 0 Å². The highest BCUT2D eigenvalue weighted by Gasteiger charge is 2.09. The van der Waals surface area contributed by atoms with Crippen LogP contribution in [0.4, 0.5) is 11.5 Å². The van der Waals surface area contributed by atoms with E-state index in [9.17, 15) is 4.79 Å². The van der Waals surface area contributed by atoms with Gasteiger partial charge < -0.3 is 10.6 Å². The molecule has 4 rings (SSSR count). The fourth-order valence-electron chi connectivity index (χ4n) is 2.63. The third-order valence-electron chi connectivity index (χ3n) is 3.97. The van der Waals surface area contributed by atoms with Crippen LogP contribution in [-0.2, 0) is 6.54 Å². The van der Waals surface area contributed by atoms with Gasteiger partial charge in [-0.3, -0.25) is 4.79 Å². The van der Waals surface area contributed by atoms with Gasteiger partial charge in [0.2, 0.25) is 5.82 Å². The number of tetrazole rings is 1. The van der Waals surface area contributed by atoms with E-state index in [-0.39, 0.29) is 5.91 Å². The summed E-state index contributed by atoms with van der Waals surface area (Å²) in [7, 11) is 0. The summed E-state index contributed by atoms with van der Waals surface area (Å²) in [5.41, 5.74) is 2.94. The van der Waals surface area contributed by atoms with Crippen LogP contribution in [0.2, 0.25) is 0 Å². The van der Waals surface area contributed by atoms with Crippen molar-refractivity contribution >= 4 is 17.4 Å². The molecule has 9 heteroatoms. The van der Waals surface area contributed by atoms with Gasteiger partial charge >= 0.3 is 0 Å². The predicted octanol–water partition coefficient (Wildman–Crippen LogP) is 2.52. The molecule has 28 heavy (non-hydrogen) atoms. The molecule has 0 unspecified atom stereocenters. The summed E-state index contributed by atoms with van der Waals surface area (Å²) in [4.78, 5) is 20.6. The highest BCUT2D eigenvalue weighted by molar-refractivity contribution is 6.04. The molecule has 1 amide bonds. The summed E-state index contributed by atoms with van der Waals surface area (Å²) in [6, 6.07) is 16.5. The third kappa shape index (κ3) is 4.15. The van der Waals surface area contributed by atoms with Gasteiger partial charge in [0, 0.05) is 29.6 Å². The largest absolute Gasteiger partial charge is 0.366 e. The van der Waals surface area contributed by atoms with Crippen LogP contribution in [0.25, 0.3) is 11.4 Å². The van der Waals surface area contributed by atoms with E-state index in [0.717, 1.165) is 16.9 Å². The number of carbonyl (C=O) groups is 1. The summed E-state index contributed by atoms with van der Waals surface area (Å²) >= 11 is 0. The number of aromatic nitrogens is 6. The minimum atomic E-state index is -0.200. The summed E-state index contributed by atoms with van der Waals surface area (Å²) in [6.07, 6.45) is 3.15. The number of hydrogen-bond acceptors (Lipinski definition) is 7. The molecule has 2 heterocycles. The fraction of sp³-hybridized carbons (Fsp3) is 0.0526. The first-order valence-electron chi connectivity index (χ1n) is 8.52. The Kier molecular flexibility index (Phi) is 4.96. The molecule has 0 aliphatic heterocycles. The maximum atomic E-state index is 12.6. The zero-order valence-electron chi connectivity index (χ0n) is 14.7. The second kappa shape index (κ2) is 8.04. The van der Waals surface area contributed by atoms with Crippen molar-refractivity contribution in [3.8, 4) is 11.4 Å². The van der Waals surface area contributed by atoms with Crippen LogP contribution in [0.1, 0.15) is 15.9 Å². The summed E-state index contributed by atoms with van der Waals surface area (Å²) in [5.74, 6) is 0.992. The van der Waals surface area contributed by atoms with Crippen molar-refractivity contribution in [2.45, 2.75) is 6.54 Å². The van der Waals surface area contributed by atoms with Crippen molar-refractivity contribution in [1.29, 1.82) is 0 Å². The maximum absolute atomic E-state index is 12.6. The van der Waals surface area contributed by atoms with Gasteiger partial charge in [0.25, 0.3) is 5.91 Å². The highest BCUT2D eigenvalue weighted by Crippen LogP contribution is 2.19. The SMILES string of the molecule is O=C(Nc1cccc(-c2nn[nH]n2)c1)c1cccc(CNc2ccncn2)c1. The Bertz CT molecular complexity index is 1070. The van der Waals surface area contributed by atoms with E-state index in [2.05, 4.69) is 41.2 Å². The molecule has 0 atom stereocenters. The van der Waals surface area contributed by atoms with Crippen molar-refractivity contribution < 1.29 is 4.79 Å². The van der Waals surface area contributed by atoms with Crippen LogP contribution < -0.4 is 10.6 Å². The molecule has 0 saturated carbocycles. The molecule has 0 aliphatic carbocycles.